The average molecular weight is 175 g/mol. The van der Waals surface area contributed by atoms with Crippen LogP contribution < -0.4 is 0 Å². The number of rotatable bonds is 1. The molecule has 0 saturated carbocycles. The number of aliphatic imine (C=N–C) groups is 1. The molecular weight excluding hydrogens is 171 g/mol. The van der Waals surface area contributed by atoms with E-state index in [0.717, 1.165) is 0 Å². The lowest BCUT2D eigenvalue weighted by Crippen LogP contribution is -1.74. The van der Waals surface area contributed by atoms with Crippen molar-refractivity contribution in [2.24, 2.45) is 4.99 Å². The summed E-state index contributed by atoms with van der Waals surface area (Å²) in [5, 5.41) is 0.657. The molecule has 0 unspecified atom stereocenters. The van der Waals surface area contributed by atoms with Crippen molar-refractivity contribution in [1.29, 1.82) is 0 Å². The van der Waals surface area contributed by atoms with E-state index in [1.807, 2.05) is 0 Å². The molecule has 0 aliphatic heterocycles. The lowest BCUT2D eigenvalue weighted by molar-refractivity contribution is 1.32. The van der Waals surface area contributed by atoms with E-state index in [9.17, 15) is 0 Å². The first-order chi connectivity index (χ1) is 4.72. The molecule has 10 heavy (non-hydrogen) atoms. The van der Waals surface area contributed by atoms with Crippen molar-refractivity contribution in [2.45, 2.75) is 0 Å². The predicted molar refractivity (Wildman–Crippen MR) is 43.5 cm³/mol. The van der Waals surface area contributed by atoms with Crippen LogP contribution >= 0.6 is 23.2 Å². The van der Waals surface area contributed by atoms with Crippen LogP contribution in [0.25, 0.3) is 0 Å². The summed E-state index contributed by atoms with van der Waals surface area (Å²) in [6.45, 7) is 3.32. The predicted octanol–water partition coefficient (Wildman–Crippen LogP) is 2.72. The third kappa shape index (κ3) is 1.69. The van der Waals surface area contributed by atoms with Gasteiger partial charge in [-0.15, -0.1) is 0 Å². The Bertz CT molecular complexity index is 240. The van der Waals surface area contributed by atoms with Crippen molar-refractivity contribution in [3.63, 3.8) is 0 Å². The van der Waals surface area contributed by atoms with Gasteiger partial charge in [0.25, 0.3) is 0 Å². The fourth-order valence-electron chi connectivity index (χ4n) is 0.544. The topological polar surface area (TPSA) is 25.2 Å². The average Bonchev–Trinajstić information content (AvgIpc) is 1.85. The normalized spacial score (nSPS) is 9.40. The lowest BCUT2D eigenvalue weighted by atomic mass is 10.4. The van der Waals surface area contributed by atoms with E-state index >= 15 is 0 Å². The zero-order chi connectivity index (χ0) is 7.56. The van der Waals surface area contributed by atoms with Crippen molar-refractivity contribution in [1.82, 2.24) is 4.98 Å². The highest BCUT2D eigenvalue weighted by molar-refractivity contribution is 6.32. The van der Waals surface area contributed by atoms with E-state index in [1.165, 1.54) is 0 Å². The molecule has 0 aliphatic rings. The molecule has 0 aliphatic carbocycles. The van der Waals surface area contributed by atoms with Crippen LogP contribution in [-0.4, -0.2) is 11.7 Å². The van der Waals surface area contributed by atoms with E-state index < -0.39 is 0 Å². The molecule has 1 heterocycles. The first-order valence-electron chi connectivity index (χ1n) is 2.52. The molecule has 0 bridgehead atoms. The summed E-state index contributed by atoms with van der Waals surface area (Å²) >= 11 is 11.1. The quantitative estimate of drug-likeness (QED) is 0.475. The third-order valence-electron chi connectivity index (χ3n) is 0.930. The standard InChI is InChI=1S/C6H4Cl2N2/c1-9-4-2-5(7)10-6(8)3-4/h2-3H,1H2. The fraction of sp³-hybridized carbons (Fsp3) is 0. The monoisotopic (exact) mass is 174 g/mol. The highest BCUT2D eigenvalue weighted by Crippen LogP contribution is 2.19. The summed E-state index contributed by atoms with van der Waals surface area (Å²) < 4.78 is 0. The second-order valence-corrected chi connectivity index (χ2v) is 2.40. The first-order valence-corrected chi connectivity index (χ1v) is 3.28. The Morgan fingerprint density at radius 3 is 2.20 bits per heavy atom. The molecule has 1 aromatic heterocycles. The van der Waals surface area contributed by atoms with Gasteiger partial charge in [-0.25, -0.2) is 4.98 Å². The Labute approximate surface area is 68.5 Å². The molecule has 0 fully saturated rings. The smallest absolute Gasteiger partial charge is 0.132 e. The molecule has 4 heteroatoms. The summed E-state index contributed by atoms with van der Waals surface area (Å²) in [6, 6.07) is 3.17. The molecule has 52 valence electrons. The van der Waals surface area contributed by atoms with E-state index in [-0.39, 0.29) is 0 Å². The Morgan fingerprint density at radius 1 is 1.30 bits per heavy atom. The van der Waals surface area contributed by atoms with Gasteiger partial charge < -0.3 is 0 Å². The minimum absolute atomic E-state index is 0.329. The second-order valence-electron chi connectivity index (χ2n) is 1.63. The Hall–Kier alpha value is -0.600. The maximum absolute atomic E-state index is 5.55. The lowest BCUT2D eigenvalue weighted by Gasteiger charge is -1.93. The number of halogens is 2. The van der Waals surface area contributed by atoms with Gasteiger partial charge in [-0.3, -0.25) is 4.99 Å². The van der Waals surface area contributed by atoms with Crippen LogP contribution in [-0.2, 0) is 0 Å². The zero-order valence-electron chi connectivity index (χ0n) is 5.01. The summed E-state index contributed by atoms with van der Waals surface area (Å²) in [7, 11) is 0. The molecule has 1 rings (SSSR count). The molecule has 0 saturated heterocycles. The molecule has 0 spiro atoms. The van der Waals surface area contributed by atoms with E-state index in [0.29, 0.717) is 16.0 Å². The fourth-order valence-corrected chi connectivity index (χ4v) is 0.993. The van der Waals surface area contributed by atoms with E-state index in [2.05, 4.69) is 16.7 Å². The van der Waals surface area contributed by atoms with Crippen LogP contribution in [0, 0.1) is 0 Å². The van der Waals surface area contributed by atoms with E-state index in [4.69, 9.17) is 23.2 Å². The molecule has 1 aromatic rings. The highest BCUT2D eigenvalue weighted by Gasteiger charge is 1.95. The molecule has 0 atom stereocenters. The molecule has 0 aromatic carbocycles. The minimum Gasteiger partial charge on any atom is -0.264 e. The van der Waals surface area contributed by atoms with Gasteiger partial charge in [-0.05, 0) is 6.72 Å². The van der Waals surface area contributed by atoms with Crippen molar-refractivity contribution in [3.05, 3.63) is 22.4 Å². The zero-order valence-corrected chi connectivity index (χ0v) is 6.52. The largest absolute Gasteiger partial charge is 0.264 e. The summed E-state index contributed by atoms with van der Waals surface area (Å²) in [5.74, 6) is 0. The van der Waals surface area contributed by atoms with Crippen molar-refractivity contribution in [3.8, 4) is 0 Å². The molecular formula is C6H4Cl2N2. The Kier molecular flexibility index (Phi) is 2.25. The van der Waals surface area contributed by atoms with Gasteiger partial charge in [-0.1, -0.05) is 23.2 Å². The van der Waals surface area contributed by atoms with Crippen molar-refractivity contribution >= 4 is 35.6 Å². The number of hydrogen-bond donors (Lipinski definition) is 0. The van der Waals surface area contributed by atoms with Gasteiger partial charge in [0.15, 0.2) is 0 Å². The summed E-state index contributed by atoms with van der Waals surface area (Å²) in [6.07, 6.45) is 0. The van der Waals surface area contributed by atoms with Gasteiger partial charge >= 0.3 is 0 Å². The highest BCUT2D eigenvalue weighted by atomic mass is 35.5. The Morgan fingerprint density at radius 2 is 1.80 bits per heavy atom. The number of aromatic nitrogens is 1. The van der Waals surface area contributed by atoms with Crippen LogP contribution in [0.3, 0.4) is 0 Å². The third-order valence-corrected chi connectivity index (χ3v) is 1.32. The number of hydrogen-bond acceptors (Lipinski definition) is 2. The van der Waals surface area contributed by atoms with Crippen LogP contribution in [0.4, 0.5) is 5.69 Å². The van der Waals surface area contributed by atoms with Crippen molar-refractivity contribution < 1.29 is 0 Å². The SMILES string of the molecule is C=Nc1cc(Cl)nc(Cl)c1. The van der Waals surface area contributed by atoms with Crippen LogP contribution in [0.2, 0.25) is 10.3 Å². The van der Waals surface area contributed by atoms with Crippen molar-refractivity contribution in [2.75, 3.05) is 0 Å². The molecule has 0 amide bonds. The maximum atomic E-state index is 5.55. The number of nitrogens with zero attached hydrogens (tertiary/aromatic N) is 2. The van der Waals surface area contributed by atoms with Gasteiger partial charge in [0, 0.05) is 12.1 Å². The Balaban J connectivity index is 3.18. The minimum atomic E-state index is 0.329. The van der Waals surface area contributed by atoms with Gasteiger partial charge in [0.2, 0.25) is 0 Å². The van der Waals surface area contributed by atoms with Gasteiger partial charge in [0.1, 0.15) is 10.3 Å². The maximum Gasteiger partial charge on any atom is 0.132 e. The summed E-state index contributed by atoms with van der Waals surface area (Å²) in [5.41, 5.74) is 0.630. The molecule has 0 radical (unpaired) electrons. The van der Waals surface area contributed by atoms with Crippen LogP contribution in [0.5, 0.6) is 0 Å². The van der Waals surface area contributed by atoms with E-state index in [1.54, 1.807) is 12.1 Å². The van der Waals surface area contributed by atoms with Gasteiger partial charge in [0.05, 0.1) is 5.69 Å². The van der Waals surface area contributed by atoms with Crippen LogP contribution in [0.1, 0.15) is 0 Å². The first kappa shape index (κ1) is 7.51. The second kappa shape index (κ2) is 2.99. The van der Waals surface area contributed by atoms with Crippen LogP contribution in [0.15, 0.2) is 17.1 Å². The molecule has 0 N–H and O–H groups in total. The summed E-state index contributed by atoms with van der Waals surface area (Å²) in [4.78, 5) is 7.36. The molecule has 2 nitrogen and oxygen atoms in total. The number of pyridine rings is 1. The van der Waals surface area contributed by atoms with Gasteiger partial charge in [-0.2, -0.15) is 0 Å².